The van der Waals surface area contributed by atoms with Gasteiger partial charge in [0.15, 0.2) is 0 Å². The number of ether oxygens (including phenoxy) is 1. The zero-order chi connectivity index (χ0) is 13.6. The first kappa shape index (κ1) is 14.4. The first-order valence-corrected chi connectivity index (χ1v) is 7.24. The van der Waals surface area contributed by atoms with Crippen LogP contribution in [-0.2, 0) is 14.0 Å². The summed E-state index contributed by atoms with van der Waals surface area (Å²) >= 11 is 0. The van der Waals surface area contributed by atoms with E-state index in [9.17, 15) is 0 Å². The van der Waals surface area contributed by atoms with Crippen LogP contribution < -0.4 is 0 Å². The van der Waals surface area contributed by atoms with Crippen molar-refractivity contribution in [3.63, 3.8) is 0 Å². The predicted molar refractivity (Wildman–Crippen MR) is 73.7 cm³/mol. The van der Waals surface area contributed by atoms with Crippen molar-refractivity contribution in [1.29, 1.82) is 0 Å². The van der Waals surface area contributed by atoms with Crippen molar-refractivity contribution < 1.29 is 14.0 Å². The van der Waals surface area contributed by atoms with Crippen LogP contribution in [0, 0.1) is 0 Å². The third-order valence-electron chi connectivity index (χ3n) is 4.79. The number of hydrogen-bond acceptors (Lipinski definition) is 3. The van der Waals surface area contributed by atoms with Gasteiger partial charge in [-0.15, -0.1) is 0 Å². The fraction of sp³-hybridized carbons (Fsp3) is 1.00. The van der Waals surface area contributed by atoms with Gasteiger partial charge < -0.3 is 14.0 Å². The van der Waals surface area contributed by atoms with Crippen LogP contribution in [0.3, 0.4) is 0 Å². The van der Waals surface area contributed by atoms with Gasteiger partial charge in [0.25, 0.3) is 0 Å². The van der Waals surface area contributed by atoms with Crippen LogP contribution in [0.2, 0.25) is 5.82 Å². The van der Waals surface area contributed by atoms with E-state index >= 15 is 0 Å². The van der Waals surface area contributed by atoms with Gasteiger partial charge in [-0.3, -0.25) is 0 Å². The summed E-state index contributed by atoms with van der Waals surface area (Å²) in [5.74, 6) is 0.286. The molecule has 2 heterocycles. The Morgan fingerprint density at radius 3 is 2.11 bits per heavy atom. The maximum atomic E-state index is 6.11. The molecule has 0 aromatic rings. The maximum absolute atomic E-state index is 6.11. The molecule has 3 unspecified atom stereocenters. The normalized spacial score (nSPS) is 36.7. The molecule has 0 aliphatic carbocycles. The molecule has 0 aromatic heterocycles. The highest BCUT2D eigenvalue weighted by atomic mass is 16.7. The molecule has 0 aromatic carbocycles. The van der Waals surface area contributed by atoms with Crippen LogP contribution in [0.1, 0.15) is 60.8 Å². The van der Waals surface area contributed by atoms with Crippen molar-refractivity contribution in [3.8, 4) is 0 Å². The van der Waals surface area contributed by atoms with E-state index in [1.54, 1.807) is 0 Å². The van der Waals surface area contributed by atoms with Crippen molar-refractivity contribution in [2.75, 3.05) is 0 Å². The molecule has 2 fully saturated rings. The molecule has 0 N–H and O–H groups in total. The van der Waals surface area contributed by atoms with Crippen LogP contribution >= 0.6 is 0 Å². The summed E-state index contributed by atoms with van der Waals surface area (Å²) < 4.78 is 18.3. The monoisotopic (exact) mass is 254 g/mol. The summed E-state index contributed by atoms with van der Waals surface area (Å²) in [6.07, 6.45) is 4.18. The van der Waals surface area contributed by atoms with E-state index in [-0.39, 0.29) is 30.2 Å². The largest absolute Gasteiger partial charge is 0.463 e. The molecule has 2 aliphatic heterocycles. The zero-order valence-corrected chi connectivity index (χ0v) is 12.7. The second-order valence-corrected chi connectivity index (χ2v) is 6.90. The topological polar surface area (TPSA) is 27.7 Å². The van der Waals surface area contributed by atoms with E-state index in [0.29, 0.717) is 6.10 Å². The molecule has 0 saturated carbocycles. The lowest BCUT2D eigenvalue weighted by Crippen LogP contribution is -2.41. The predicted octanol–water partition coefficient (Wildman–Crippen LogP) is 3.43. The SMILES string of the molecule is CC1CCCC(C(C)B2OC(C)(C)C(C)(C)O2)O1. The molecule has 4 heteroatoms. The van der Waals surface area contributed by atoms with Crippen LogP contribution in [0.25, 0.3) is 0 Å². The Kier molecular flexibility index (Phi) is 3.83. The number of rotatable bonds is 2. The summed E-state index contributed by atoms with van der Waals surface area (Å²) in [5.41, 5.74) is -0.488. The van der Waals surface area contributed by atoms with Gasteiger partial charge in [0.1, 0.15) is 0 Å². The van der Waals surface area contributed by atoms with Crippen molar-refractivity contribution in [1.82, 2.24) is 0 Å². The average Bonchev–Trinajstić information content (AvgIpc) is 2.47. The Morgan fingerprint density at radius 1 is 1.06 bits per heavy atom. The minimum absolute atomic E-state index is 0.148. The standard InChI is InChI=1S/C14H27BO3/c1-10-8-7-9-12(16-10)11(2)15-17-13(3,4)14(5,6)18-15/h10-12H,7-9H2,1-6H3. The molecule has 3 nitrogen and oxygen atoms in total. The summed E-state index contributed by atoms with van der Waals surface area (Å²) in [6, 6.07) is 0. The Balaban J connectivity index is 2.00. The molecule has 0 amide bonds. The van der Waals surface area contributed by atoms with Crippen molar-refractivity contribution in [2.24, 2.45) is 0 Å². The Labute approximate surface area is 112 Å². The summed E-state index contributed by atoms with van der Waals surface area (Å²) in [4.78, 5) is 0. The highest BCUT2D eigenvalue weighted by Gasteiger charge is 2.54. The van der Waals surface area contributed by atoms with Crippen LogP contribution in [0.15, 0.2) is 0 Å². The van der Waals surface area contributed by atoms with Crippen molar-refractivity contribution >= 4 is 7.12 Å². The minimum Gasteiger partial charge on any atom is -0.403 e. The molecule has 0 spiro atoms. The first-order valence-electron chi connectivity index (χ1n) is 7.24. The molecule has 2 rings (SSSR count). The average molecular weight is 254 g/mol. The highest BCUT2D eigenvalue weighted by molar-refractivity contribution is 6.47. The van der Waals surface area contributed by atoms with Crippen LogP contribution in [-0.4, -0.2) is 30.5 Å². The summed E-state index contributed by atoms with van der Waals surface area (Å²) in [6.45, 7) is 12.7. The van der Waals surface area contributed by atoms with Crippen LogP contribution in [0.5, 0.6) is 0 Å². The fourth-order valence-electron chi connectivity index (χ4n) is 2.71. The molecule has 0 radical (unpaired) electrons. The minimum atomic E-state index is -0.244. The van der Waals surface area contributed by atoms with Gasteiger partial charge in [-0.25, -0.2) is 0 Å². The molecule has 2 aliphatic rings. The lowest BCUT2D eigenvalue weighted by Gasteiger charge is -2.32. The van der Waals surface area contributed by atoms with Crippen LogP contribution in [0.4, 0.5) is 0 Å². The molecule has 2 saturated heterocycles. The first-order chi connectivity index (χ1) is 8.23. The highest BCUT2D eigenvalue weighted by Crippen LogP contribution is 2.42. The maximum Gasteiger partial charge on any atom is 0.463 e. The quantitative estimate of drug-likeness (QED) is 0.706. The van der Waals surface area contributed by atoms with Crippen molar-refractivity contribution in [3.05, 3.63) is 0 Å². The number of hydrogen-bond donors (Lipinski definition) is 0. The second kappa shape index (κ2) is 4.80. The van der Waals surface area contributed by atoms with Gasteiger partial charge in [-0.05, 0) is 53.9 Å². The molecular formula is C14H27BO3. The molecule has 104 valence electrons. The summed E-state index contributed by atoms with van der Waals surface area (Å²) in [7, 11) is -0.148. The van der Waals surface area contributed by atoms with E-state index in [1.807, 2.05) is 0 Å². The fourth-order valence-corrected chi connectivity index (χ4v) is 2.71. The lowest BCUT2D eigenvalue weighted by atomic mass is 9.68. The molecule has 0 bridgehead atoms. The zero-order valence-electron chi connectivity index (χ0n) is 12.7. The van der Waals surface area contributed by atoms with Gasteiger partial charge in [0.2, 0.25) is 0 Å². The molecular weight excluding hydrogens is 227 g/mol. The lowest BCUT2D eigenvalue weighted by molar-refractivity contribution is -0.0449. The second-order valence-electron chi connectivity index (χ2n) is 6.90. The molecule has 3 atom stereocenters. The van der Waals surface area contributed by atoms with E-state index in [0.717, 1.165) is 6.42 Å². The van der Waals surface area contributed by atoms with Gasteiger partial charge >= 0.3 is 7.12 Å². The Bertz CT molecular complexity index is 287. The van der Waals surface area contributed by atoms with E-state index in [1.165, 1.54) is 12.8 Å². The smallest absolute Gasteiger partial charge is 0.403 e. The van der Waals surface area contributed by atoms with E-state index in [2.05, 4.69) is 41.5 Å². The third kappa shape index (κ3) is 2.61. The van der Waals surface area contributed by atoms with Crippen molar-refractivity contribution in [2.45, 2.75) is 90.0 Å². The van der Waals surface area contributed by atoms with E-state index in [4.69, 9.17) is 14.0 Å². The van der Waals surface area contributed by atoms with Gasteiger partial charge in [-0.2, -0.15) is 0 Å². The third-order valence-corrected chi connectivity index (χ3v) is 4.79. The Hall–Kier alpha value is -0.0551. The van der Waals surface area contributed by atoms with Gasteiger partial charge in [-0.1, -0.05) is 6.92 Å². The van der Waals surface area contributed by atoms with E-state index < -0.39 is 0 Å². The molecule has 18 heavy (non-hydrogen) atoms. The Morgan fingerprint density at radius 2 is 1.61 bits per heavy atom. The van der Waals surface area contributed by atoms with Gasteiger partial charge in [0, 0.05) is 5.82 Å². The summed E-state index contributed by atoms with van der Waals surface area (Å²) in [5, 5.41) is 0. The van der Waals surface area contributed by atoms with Gasteiger partial charge in [0.05, 0.1) is 23.4 Å².